The zero-order chi connectivity index (χ0) is 29.4. The first kappa shape index (κ1) is 28.8. The van der Waals surface area contributed by atoms with Crippen LogP contribution in [-0.4, -0.2) is 79.9 Å². The van der Waals surface area contributed by atoms with E-state index < -0.39 is 17.5 Å². The van der Waals surface area contributed by atoms with Crippen molar-refractivity contribution in [2.24, 2.45) is 22.5 Å². The molecule has 1 aromatic carbocycles. The van der Waals surface area contributed by atoms with E-state index in [1.165, 1.54) is 5.01 Å². The lowest BCUT2D eigenvalue weighted by atomic mass is 9.87. The molecule has 16 nitrogen and oxygen atoms in total. The number of piperidine rings is 1. The van der Waals surface area contributed by atoms with Crippen LogP contribution >= 0.6 is 11.6 Å². The van der Waals surface area contributed by atoms with Crippen LogP contribution in [0.5, 0.6) is 0 Å². The smallest absolute Gasteiger partial charge is 0.353 e. The topological polar surface area (TPSA) is 244 Å². The third kappa shape index (κ3) is 5.42. The summed E-state index contributed by atoms with van der Waals surface area (Å²) in [5.74, 6) is 17.1. The summed E-state index contributed by atoms with van der Waals surface area (Å²) in [4.78, 5) is 52.3. The normalized spacial score (nSPS) is 16.2. The van der Waals surface area contributed by atoms with E-state index in [-0.39, 0.29) is 40.4 Å². The van der Waals surface area contributed by atoms with Crippen molar-refractivity contribution < 1.29 is 14.4 Å². The van der Waals surface area contributed by atoms with Crippen molar-refractivity contribution in [3.05, 3.63) is 40.7 Å². The third-order valence-electron chi connectivity index (χ3n) is 6.94. The molecule has 0 atom stereocenters. The van der Waals surface area contributed by atoms with Crippen LogP contribution in [0.2, 0.25) is 5.15 Å². The predicted molar refractivity (Wildman–Crippen MR) is 149 cm³/mol. The quantitative estimate of drug-likeness (QED) is 0.156. The van der Waals surface area contributed by atoms with Crippen LogP contribution in [0, 0.1) is 0 Å². The molecular weight excluding hydrogens is 542 g/mol. The molecule has 2 aromatic rings. The minimum absolute atomic E-state index is 0.0939. The monoisotopic (exact) mass is 573 g/mol. The van der Waals surface area contributed by atoms with Gasteiger partial charge in [-0.3, -0.25) is 24.9 Å². The third-order valence-corrected chi connectivity index (χ3v) is 7.22. The Bertz CT molecular complexity index is 1360. The number of nitrogens with one attached hydrogen (secondary N) is 1. The number of rotatable bonds is 4. The van der Waals surface area contributed by atoms with Crippen molar-refractivity contribution in [3.8, 4) is 0 Å². The largest absolute Gasteiger partial charge is 0.382 e. The maximum Gasteiger partial charge on any atom is 0.353 e. The number of carbonyl (C=O) groups excluding carboxylic acids is 3. The van der Waals surface area contributed by atoms with Gasteiger partial charge in [-0.2, -0.15) is 0 Å². The maximum atomic E-state index is 13.3. The second-order valence-electron chi connectivity index (χ2n) is 9.82. The molecule has 0 aliphatic carbocycles. The summed E-state index contributed by atoms with van der Waals surface area (Å²) in [5.41, 5.74) is 11.2. The Morgan fingerprint density at radius 1 is 1.10 bits per heavy atom. The summed E-state index contributed by atoms with van der Waals surface area (Å²) in [7, 11) is 0. The van der Waals surface area contributed by atoms with Crippen LogP contribution in [-0.2, 0) is 0 Å². The SMILES string of the molecule is CC(C)N(N)C(=O)N(N)c1cccc(C(=O)N2CCC3(CC2)CN=C(NC(=O)c2nc(Cl)c(N)nc2N)N3N)c1. The van der Waals surface area contributed by atoms with Crippen LogP contribution in [0.15, 0.2) is 29.3 Å². The number of nitrogens with zero attached hydrogens (tertiary/aromatic N) is 7. The molecule has 0 bridgehead atoms. The molecule has 2 aliphatic rings. The zero-order valence-corrected chi connectivity index (χ0v) is 22.8. The zero-order valence-electron chi connectivity index (χ0n) is 22.0. The molecule has 0 saturated carbocycles. The minimum Gasteiger partial charge on any atom is -0.382 e. The summed E-state index contributed by atoms with van der Waals surface area (Å²) < 4.78 is 0. The summed E-state index contributed by atoms with van der Waals surface area (Å²) in [6.45, 7) is 4.59. The van der Waals surface area contributed by atoms with Gasteiger partial charge in [0, 0.05) is 24.7 Å². The Morgan fingerprint density at radius 2 is 1.77 bits per heavy atom. The van der Waals surface area contributed by atoms with Gasteiger partial charge in [0.2, 0.25) is 5.96 Å². The number of anilines is 3. The average molecular weight is 574 g/mol. The van der Waals surface area contributed by atoms with Crippen molar-refractivity contribution in [1.82, 2.24) is 30.2 Å². The molecular formula is C23H32ClN13O3. The van der Waals surface area contributed by atoms with Crippen molar-refractivity contribution >= 4 is 52.7 Å². The standard InChI is InChI=1S/C23H32ClN13O3/c1-12(2)35(27)22(40)36(28)14-5-3-4-13(10-14)20(39)34-8-6-23(7-9-34)11-30-21(37(23)29)33-19(38)15-17(25)32-18(26)16(24)31-15/h3-5,10,12H,6-9,11,27-29H2,1-2H3,(H4,25,26,32)(H,30,33,38). The molecule has 214 valence electrons. The summed E-state index contributed by atoms with van der Waals surface area (Å²) >= 11 is 5.87. The van der Waals surface area contributed by atoms with Gasteiger partial charge in [0.25, 0.3) is 11.8 Å². The molecule has 17 heteroatoms. The number of benzene rings is 1. The Morgan fingerprint density at radius 3 is 2.42 bits per heavy atom. The lowest BCUT2D eigenvalue weighted by Gasteiger charge is -2.43. The van der Waals surface area contributed by atoms with Gasteiger partial charge >= 0.3 is 6.03 Å². The van der Waals surface area contributed by atoms with E-state index in [4.69, 9.17) is 40.6 Å². The Balaban J connectivity index is 1.38. The van der Waals surface area contributed by atoms with Gasteiger partial charge in [-0.15, -0.1) is 0 Å². The molecule has 1 spiro atoms. The van der Waals surface area contributed by atoms with Crippen LogP contribution in [0.4, 0.5) is 22.1 Å². The molecule has 3 heterocycles. The fourth-order valence-electron chi connectivity index (χ4n) is 4.42. The van der Waals surface area contributed by atoms with E-state index in [0.717, 1.165) is 10.0 Å². The number of aromatic nitrogens is 2. The molecule has 0 unspecified atom stereocenters. The van der Waals surface area contributed by atoms with Crippen LogP contribution in [0.25, 0.3) is 0 Å². The van der Waals surface area contributed by atoms with Crippen LogP contribution in [0.1, 0.15) is 47.5 Å². The van der Waals surface area contributed by atoms with Crippen molar-refractivity contribution in [3.63, 3.8) is 0 Å². The minimum atomic E-state index is -0.691. The molecule has 1 fully saturated rings. The van der Waals surface area contributed by atoms with Gasteiger partial charge in [-0.1, -0.05) is 17.7 Å². The van der Waals surface area contributed by atoms with Gasteiger partial charge in [0.1, 0.15) is 0 Å². The number of hydrazine groups is 3. The number of aliphatic imine (C=N–C) groups is 1. The van der Waals surface area contributed by atoms with Gasteiger partial charge in [-0.25, -0.2) is 42.3 Å². The van der Waals surface area contributed by atoms with E-state index in [2.05, 4.69) is 20.3 Å². The highest BCUT2D eigenvalue weighted by atomic mass is 35.5. The predicted octanol–water partition coefficient (Wildman–Crippen LogP) is -0.371. The first-order chi connectivity index (χ1) is 18.8. The number of amides is 4. The number of carbonyl (C=O) groups is 3. The van der Waals surface area contributed by atoms with E-state index in [0.29, 0.717) is 43.7 Å². The van der Waals surface area contributed by atoms with E-state index in [1.807, 2.05) is 0 Å². The molecule has 2 aliphatic heterocycles. The maximum absolute atomic E-state index is 13.3. The first-order valence-corrected chi connectivity index (χ1v) is 12.7. The van der Waals surface area contributed by atoms with Gasteiger partial charge in [0.05, 0.1) is 17.8 Å². The average Bonchev–Trinajstić information content (AvgIpc) is 3.23. The Hall–Kier alpha value is -4.25. The molecule has 11 N–H and O–H groups in total. The van der Waals surface area contributed by atoms with E-state index >= 15 is 0 Å². The molecule has 4 rings (SSSR count). The number of urea groups is 1. The number of halogens is 1. The molecule has 40 heavy (non-hydrogen) atoms. The molecule has 4 amide bonds. The fraction of sp³-hybridized carbons (Fsp3) is 0.391. The second kappa shape index (κ2) is 11.1. The number of nitrogens with two attached hydrogens (primary N) is 5. The first-order valence-electron chi connectivity index (χ1n) is 12.4. The van der Waals surface area contributed by atoms with Crippen molar-refractivity contribution in [2.45, 2.75) is 38.3 Å². The Labute approximate surface area is 235 Å². The van der Waals surface area contributed by atoms with Gasteiger partial charge in [0.15, 0.2) is 22.5 Å². The molecule has 1 aromatic heterocycles. The lowest BCUT2D eigenvalue weighted by molar-refractivity contribution is 0.0541. The number of nitrogen functional groups attached to an aromatic ring is 2. The highest BCUT2D eigenvalue weighted by Gasteiger charge is 2.45. The number of hydrogen-bond acceptors (Lipinski definition) is 12. The van der Waals surface area contributed by atoms with Gasteiger partial charge < -0.3 is 16.4 Å². The number of hydrogen-bond donors (Lipinski definition) is 6. The summed E-state index contributed by atoms with van der Waals surface area (Å²) in [6.07, 6.45) is 0.983. The van der Waals surface area contributed by atoms with Gasteiger partial charge in [-0.05, 0) is 44.9 Å². The summed E-state index contributed by atoms with van der Waals surface area (Å²) in [5, 5.41) is 5.75. The second-order valence-corrected chi connectivity index (χ2v) is 10.2. The molecule has 0 radical (unpaired) electrons. The Kier molecular flexibility index (Phi) is 7.97. The molecule has 1 saturated heterocycles. The number of guanidine groups is 1. The van der Waals surface area contributed by atoms with Crippen LogP contribution < -0.4 is 39.3 Å². The van der Waals surface area contributed by atoms with Crippen molar-refractivity contribution in [2.75, 3.05) is 36.1 Å². The lowest BCUT2D eigenvalue weighted by Crippen LogP contribution is -2.61. The highest BCUT2D eigenvalue weighted by molar-refractivity contribution is 6.31. The number of likely N-dealkylation sites (tertiary alicyclic amines) is 1. The highest BCUT2D eigenvalue weighted by Crippen LogP contribution is 2.32. The van der Waals surface area contributed by atoms with Crippen LogP contribution in [0.3, 0.4) is 0 Å². The van der Waals surface area contributed by atoms with E-state index in [1.54, 1.807) is 43.0 Å². The summed E-state index contributed by atoms with van der Waals surface area (Å²) in [6, 6.07) is 5.58. The fourth-order valence-corrected chi connectivity index (χ4v) is 4.55. The van der Waals surface area contributed by atoms with E-state index in [9.17, 15) is 14.4 Å². The van der Waals surface area contributed by atoms with Crippen molar-refractivity contribution in [1.29, 1.82) is 0 Å².